The smallest absolute Gasteiger partial charge is 0.348 e. The predicted octanol–water partition coefficient (Wildman–Crippen LogP) is 3.58. The molecule has 0 spiro atoms. The second-order valence-corrected chi connectivity index (χ2v) is 8.64. The molecule has 0 radical (unpaired) electrons. The van der Waals surface area contributed by atoms with E-state index in [0.29, 0.717) is 43.5 Å². The minimum atomic E-state index is -0.431. The largest absolute Gasteiger partial charge is 0.462 e. The molecule has 8 nitrogen and oxygen atoms in total. The van der Waals surface area contributed by atoms with E-state index >= 15 is 0 Å². The van der Waals surface area contributed by atoms with E-state index in [1.54, 1.807) is 13.8 Å². The normalized spacial score (nSPS) is 15.2. The number of hydrogen-bond acceptors (Lipinski definition) is 9. The number of rotatable bonds is 6. The number of carbonyl (C=O) groups excluding carboxylic acids is 1. The van der Waals surface area contributed by atoms with Crippen molar-refractivity contribution in [3.8, 4) is 0 Å². The molecule has 1 saturated carbocycles. The second-order valence-electron chi connectivity index (χ2n) is 6.35. The van der Waals surface area contributed by atoms with Crippen LogP contribution >= 0.6 is 23.1 Å². The summed E-state index contributed by atoms with van der Waals surface area (Å²) in [5.74, 6) is 1.14. The number of ether oxygens (including phenoxy) is 1. The zero-order valence-electron chi connectivity index (χ0n) is 15.1. The SMILES string of the molecule is CCOC(=O)c1sc2nc([C@@H](C)Sc3nnc(C4CC4)o3)[nH]c(=O)c2c1C. The molecule has 0 aromatic carbocycles. The highest BCUT2D eigenvalue weighted by atomic mass is 32.2. The van der Waals surface area contributed by atoms with Gasteiger partial charge in [-0.05, 0) is 39.2 Å². The molecule has 0 amide bonds. The van der Waals surface area contributed by atoms with Crippen molar-refractivity contribution in [3.63, 3.8) is 0 Å². The van der Waals surface area contributed by atoms with E-state index < -0.39 is 5.97 Å². The van der Waals surface area contributed by atoms with Crippen LogP contribution in [0.2, 0.25) is 0 Å². The van der Waals surface area contributed by atoms with Gasteiger partial charge in [0.15, 0.2) is 0 Å². The van der Waals surface area contributed by atoms with Crippen LogP contribution in [0, 0.1) is 6.92 Å². The summed E-state index contributed by atoms with van der Waals surface area (Å²) in [7, 11) is 0. The summed E-state index contributed by atoms with van der Waals surface area (Å²) in [5.41, 5.74) is 0.330. The van der Waals surface area contributed by atoms with Gasteiger partial charge in [-0.15, -0.1) is 21.5 Å². The molecule has 1 fully saturated rings. The maximum atomic E-state index is 12.6. The van der Waals surface area contributed by atoms with Crippen LogP contribution in [0.3, 0.4) is 0 Å². The zero-order chi connectivity index (χ0) is 19.1. The predicted molar refractivity (Wildman–Crippen MR) is 101 cm³/mol. The summed E-state index contributed by atoms with van der Waals surface area (Å²) in [5, 5.41) is 8.82. The van der Waals surface area contributed by atoms with E-state index in [-0.39, 0.29) is 17.4 Å². The maximum Gasteiger partial charge on any atom is 0.348 e. The van der Waals surface area contributed by atoms with Crippen LogP contribution in [-0.4, -0.2) is 32.7 Å². The third kappa shape index (κ3) is 3.51. The van der Waals surface area contributed by atoms with Gasteiger partial charge in [0.2, 0.25) is 5.89 Å². The Hall–Kier alpha value is -2.20. The molecule has 1 aliphatic rings. The van der Waals surface area contributed by atoms with Gasteiger partial charge in [-0.2, -0.15) is 0 Å². The van der Waals surface area contributed by atoms with Crippen LogP contribution in [0.15, 0.2) is 14.4 Å². The molecule has 0 saturated heterocycles. The van der Waals surface area contributed by atoms with Gasteiger partial charge in [-0.25, -0.2) is 9.78 Å². The summed E-state index contributed by atoms with van der Waals surface area (Å²) in [6.45, 7) is 5.66. The highest BCUT2D eigenvalue weighted by molar-refractivity contribution is 7.99. The van der Waals surface area contributed by atoms with Gasteiger partial charge in [0.05, 0.1) is 17.2 Å². The lowest BCUT2D eigenvalue weighted by Crippen LogP contribution is -2.12. The van der Waals surface area contributed by atoms with E-state index in [1.807, 2.05) is 6.92 Å². The quantitative estimate of drug-likeness (QED) is 0.488. The summed E-state index contributed by atoms with van der Waals surface area (Å²) in [6, 6.07) is 0. The monoisotopic (exact) mass is 406 g/mol. The molecule has 1 N–H and O–H groups in total. The van der Waals surface area contributed by atoms with E-state index in [2.05, 4.69) is 20.2 Å². The molecule has 3 aromatic heterocycles. The Morgan fingerprint density at radius 2 is 2.22 bits per heavy atom. The highest BCUT2D eigenvalue weighted by Crippen LogP contribution is 2.41. The Labute approximate surface area is 162 Å². The second kappa shape index (κ2) is 7.08. The number of fused-ring (bicyclic) bond motifs is 1. The topological polar surface area (TPSA) is 111 Å². The van der Waals surface area contributed by atoms with Gasteiger partial charge < -0.3 is 14.1 Å². The molecule has 0 bridgehead atoms. The van der Waals surface area contributed by atoms with Crippen molar-refractivity contribution in [2.45, 2.75) is 50.0 Å². The number of esters is 1. The summed E-state index contributed by atoms with van der Waals surface area (Å²) in [4.78, 5) is 33.0. The number of thioether (sulfide) groups is 1. The number of H-pyrrole nitrogens is 1. The fraction of sp³-hybridized carbons (Fsp3) is 0.471. The third-order valence-electron chi connectivity index (χ3n) is 4.29. The number of aryl methyl sites for hydroxylation is 1. The number of aromatic nitrogens is 4. The molecular weight excluding hydrogens is 388 g/mol. The number of carbonyl (C=O) groups is 1. The van der Waals surface area contributed by atoms with Crippen LogP contribution in [0.1, 0.15) is 64.8 Å². The molecule has 4 rings (SSSR count). The molecule has 0 unspecified atom stereocenters. The first-order valence-corrected chi connectivity index (χ1v) is 10.4. The lowest BCUT2D eigenvalue weighted by Gasteiger charge is -2.07. The van der Waals surface area contributed by atoms with Crippen molar-refractivity contribution >= 4 is 39.3 Å². The first-order chi connectivity index (χ1) is 13.0. The standard InChI is InChI=1S/C17H18N4O4S2/c1-4-24-16(23)11-7(2)10-13(22)18-12(19-15(10)27-11)8(3)26-17-21-20-14(25-17)9-5-6-9/h8-9H,4-6H2,1-3H3,(H,18,19,22)/t8-/m1/s1. The number of thiophene rings is 1. The Morgan fingerprint density at radius 3 is 2.93 bits per heavy atom. The lowest BCUT2D eigenvalue weighted by atomic mass is 10.2. The van der Waals surface area contributed by atoms with Gasteiger partial charge in [0.25, 0.3) is 10.8 Å². The minimum absolute atomic E-state index is 0.192. The molecule has 1 atom stereocenters. The summed E-state index contributed by atoms with van der Waals surface area (Å²) >= 11 is 2.52. The minimum Gasteiger partial charge on any atom is -0.462 e. The molecule has 27 heavy (non-hydrogen) atoms. The van der Waals surface area contributed by atoms with Crippen molar-refractivity contribution < 1.29 is 13.9 Å². The average molecular weight is 406 g/mol. The maximum absolute atomic E-state index is 12.6. The van der Waals surface area contributed by atoms with Crippen molar-refractivity contribution in [2.75, 3.05) is 6.61 Å². The van der Waals surface area contributed by atoms with E-state index in [1.165, 1.54) is 23.1 Å². The number of hydrogen-bond donors (Lipinski definition) is 1. The fourth-order valence-corrected chi connectivity index (χ4v) is 4.54. The van der Waals surface area contributed by atoms with E-state index in [9.17, 15) is 9.59 Å². The third-order valence-corrected chi connectivity index (χ3v) is 6.40. The first kappa shape index (κ1) is 18.2. The van der Waals surface area contributed by atoms with Crippen molar-refractivity contribution in [2.24, 2.45) is 0 Å². The number of aromatic amines is 1. The van der Waals surface area contributed by atoms with Crippen LogP contribution < -0.4 is 5.56 Å². The lowest BCUT2D eigenvalue weighted by molar-refractivity contribution is 0.0531. The van der Waals surface area contributed by atoms with Gasteiger partial charge in [-0.3, -0.25) is 4.79 Å². The first-order valence-electron chi connectivity index (χ1n) is 8.68. The molecular formula is C17H18N4O4S2. The van der Waals surface area contributed by atoms with Crippen molar-refractivity contribution in [1.29, 1.82) is 0 Å². The van der Waals surface area contributed by atoms with Crippen LogP contribution in [0.25, 0.3) is 10.2 Å². The Morgan fingerprint density at radius 1 is 1.44 bits per heavy atom. The van der Waals surface area contributed by atoms with Crippen LogP contribution in [0.4, 0.5) is 0 Å². The van der Waals surface area contributed by atoms with Gasteiger partial charge in [0.1, 0.15) is 15.5 Å². The molecule has 3 heterocycles. The summed E-state index contributed by atoms with van der Waals surface area (Å²) in [6.07, 6.45) is 2.18. The van der Waals surface area contributed by atoms with Crippen molar-refractivity contribution in [3.05, 3.63) is 32.5 Å². The Balaban J connectivity index is 1.63. The Kier molecular flexibility index (Phi) is 4.77. The van der Waals surface area contributed by atoms with E-state index in [4.69, 9.17) is 9.15 Å². The summed E-state index contributed by atoms with van der Waals surface area (Å²) < 4.78 is 10.7. The molecule has 0 aliphatic heterocycles. The van der Waals surface area contributed by atoms with E-state index in [0.717, 1.165) is 12.8 Å². The van der Waals surface area contributed by atoms with Crippen molar-refractivity contribution in [1.82, 2.24) is 20.2 Å². The number of nitrogens with one attached hydrogen (secondary N) is 1. The molecule has 10 heteroatoms. The molecule has 142 valence electrons. The van der Waals surface area contributed by atoms with Crippen LogP contribution in [0.5, 0.6) is 0 Å². The fourth-order valence-electron chi connectivity index (χ4n) is 2.71. The van der Waals surface area contributed by atoms with Gasteiger partial charge >= 0.3 is 5.97 Å². The van der Waals surface area contributed by atoms with Gasteiger partial charge in [0, 0.05) is 5.92 Å². The number of nitrogens with zero attached hydrogens (tertiary/aromatic N) is 3. The highest BCUT2D eigenvalue weighted by Gasteiger charge is 2.30. The van der Waals surface area contributed by atoms with Gasteiger partial charge in [-0.1, -0.05) is 11.8 Å². The zero-order valence-corrected chi connectivity index (χ0v) is 16.7. The Bertz CT molecular complexity index is 1070. The average Bonchev–Trinajstić information content (AvgIpc) is 3.28. The molecule has 1 aliphatic carbocycles. The van der Waals surface area contributed by atoms with Crippen LogP contribution in [-0.2, 0) is 4.74 Å². The molecule has 3 aromatic rings.